The molecule has 0 atom stereocenters. The molecular weight excluding hydrogens is 379 g/mol. The van der Waals surface area contributed by atoms with Crippen LogP contribution in [0, 0.1) is 12.7 Å². The molecule has 5 rings (SSSR count). The fraction of sp³-hybridized carbons (Fsp3) is 0.130. The third-order valence-electron chi connectivity index (χ3n) is 5.16. The number of benzene rings is 2. The number of pyridine rings is 1. The van der Waals surface area contributed by atoms with Crippen molar-refractivity contribution in [1.29, 1.82) is 0 Å². The molecule has 0 saturated heterocycles. The maximum Gasteiger partial charge on any atom is 0.162 e. The number of hydrogen-bond donors (Lipinski definition) is 2. The fourth-order valence-electron chi connectivity index (χ4n) is 3.83. The molecule has 3 aromatic heterocycles. The van der Waals surface area contributed by atoms with Crippen LogP contribution in [0.15, 0.2) is 61.2 Å². The summed E-state index contributed by atoms with van der Waals surface area (Å²) in [5, 5.41) is 5.48. The minimum absolute atomic E-state index is 0.261. The third kappa shape index (κ3) is 3.24. The Morgan fingerprint density at radius 3 is 2.73 bits per heavy atom. The number of hydrogen-bond acceptors (Lipinski definition) is 5. The molecule has 0 bridgehead atoms. The van der Waals surface area contributed by atoms with E-state index in [4.69, 9.17) is 4.98 Å². The van der Waals surface area contributed by atoms with Gasteiger partial charge in [0.15, 0.2) is 11.5 Å². The fourth-order valence-corrected chi connectivity index (χ4v) is 3.83. The molecule has 0 saturated carbocycles. The van der Waals surface area contributed by atoms with E-state index in [1.165, 1.54) is 12.4 Å². The Balaban J connectivity index is 1.53. The number of aromatic amines is 1. The first-order valence-electron chi connectivity index (χ1n) is 9.73. The van der Waals surface area contributed by atoms with E-state index in [1.54, 1.807) is 18.5 Å². The maximum atomic E-state index is 14.0. The Hall–Kier alpha value is -3.87. The van der Waals surface area contributed by atoms with E-state index in [2.05, 4.69) is 37.4 Å². The van der Waals surface area contributed by atoms with E-state index in [0.29, 0.717) is 29.9 Å². The molecule has 0 unspecified atom stereocenters. The summed E-state index contributed by atoms with van der Waals surface area (Å²) in [5.41, 5.74) is 5.04. The highest BCUT2D eigenvalue weighted by atomic mass is 19.1. The highest BCUT2D eigenvalue weighted by Crippen LogP contribution is 2.33. The first-order valence-corrected chi connectivity index (χ1v) is 9.73. The van der Waals surface area contributed by atoms with E-state index >= 15 is 0 Å². The monoisotopic (exact) mass is 398 g/mol. The van der Waals surface area contributed by atoms with Crippen molar-refractivity contribution >= 4 is 27.8 Å². The SMILES string of the molecule is Cc1nc(CCNc2ncnc3[nH]cnc23)c(-c2cccc(F)c2)c2ccccc12. The molecule has 0 aliphatic carbocycles. The molecule has 7 heteroatoms. The normalized spacial score (nSPS) is 11.3. The molecule has 0 fully saturated rings. The summed E-state index contributed by atoms with van der Waals surface area (Å²) in [4.78, 5) is 20.6. The minimum Gasteiger partial charge on any atom is -0.368 e. The molecule has 30 heavy (non-hydrogen) atoms. The van der Waals surface area contributed by atoms with Crippen molar-refractivity contribution in [3.63, 3.8) is 0 Å². The van der Waals surface area contributed by atoms with Crippen LogP contribution in [0.2, 0.25) is 0 Å². The Bertz CT molecular complexity index is 1360. The van der Waals surface area contributed by atoms with Gasteiger partial charge in [-0.25, -0.2) is 19.3 Å². The van der Waals surface area contributed by atoms with E-state index in [0.717, 1.165) is 33.3 Å². The van der Waals surface area contributed by atoms with Gasteiger partial charge in [0, 0.05) is 29.6 Å². The lowest BCUT2D eigenvalue weighted by Gasteiger charge is -2.15. The molecule has 2 aromatic carbocycles. The molecule has 0 radical (unpaired) electrons. The number of aromatic nitrogens is 5. The van der Waals surface area contributed by atoms with Gasteiger partial charge in [0.05, 0.1) is 12.0 Å². The van der Waals surface area contributed by atoms with Gasteiger partial charge in [-0.1, -0.05) is 36.4 Å². The second kappa shape index (κ2) is 7.51. The van der Waals surface area contributed by atoms with Crippen molar-refractivity contribution in [3.8, 4) is 11.1 Å². The number of anilines is 1. The van der Waals surface area contributed by atoms with Gasteiger partial charge < -0.3 is 10.3 Å². The quantitative estimate of drug-likeness (QED) is 0.450. The van der Waals surface area contributed by atoms with Crippen LogP contribution in [0.1, 0.15) is 11.4 Å². The van der Waals surface area contributed by atoms with Crippen molar-refractivity contribution in [1.82, 2.24) is 24.9 Å². The molecule has 2 N–H and O–H groups in total. The molecule has 5 aromatic rings. The molecule has 0 aliphatic rings. The van der Waals surface area contributed by atoms with E-state index in [1.807, 2.05) is 25.1 Å². The number of H-pyrrole nitrogens is 1. The van der Waals surface area contributed by atoms with Gasteiger partial charge in [0.2, 0.25) is 0 Å². The van der Waals surface area contributed by atoms with E-state index in [-0.39, 0.29) is 5.82 Å². The first kappa shape index (κ1) is 18.2. The standard InChI is InChI=1S/C23H19FN6/c1-14-17-7-2-3-8-18(17)20(15-5-4-6-16(24)11-15)19(30-14)9-10-25-22-21-23(27-12-26-21)29-13-28-22/h2-8,11-13H,9-10H2,1H3,(H2,25,26,27,28,29). The molecule has 3 heterocycles. The van der Waals surface area contributed by atoms with Crippen molar-refractivity contribution in [3.05, 3.63) is 78.4 Å². The summed E-state index contributed by atoms with van der Waals surface area (Å²) >= 11 is 0. The van der Waals surface area contributed by atoms with Crippen LogP contribution in [0.25, 0.3) is 33.1 Å². The van der Waals surface area contributed by atoms with E-state index < -0.39 is 0 Å². The number of nitrogens with zero attached hydrogens (tertiary/aromatic N) is 4. The van der Waals surface area contributed by atoms with Gasteiger partial charge in [0.1, 0.15) is 17.7 Å². The van der Waals surface area contributed by atoms with Gasteiger partial charge in [-0.15, -0.1) is 0 Å². The minimum atomic E-state index is -0.261. The van der Waals surface area contributed by atoms with Crippen molar-refractivity contribution in [2.45, 2.75) is 13.3 Å². The summed E-state index contributed by atoms with van der Waals surface area (Å²) in [6.45, 7) is 2.61. The largest absolute Gasteiger partial charge is 0.368 e. The lowest BCUT2D eigenvalue weighted by molar-refractivity contribution is 0.628. The summed E-state index contributed by atoms with van der Waals surface area (Å²) in [6.07, 6.45) is 3.74. The molecule has 6 nitrogen and oxygen atoms in total. The predicted molar refractivity (Wildman–Crippen MR) is 116 cm³/mol. The number of fused-ring (bicyclic) bond motifs is 2. The van der Waals surface area contributed by atoms with Crippen LogP contribution in [0.5, 0.6) is 0 Å². The van der Waals surface area contributed by atoms with Gasteiger partial charge >= 0.3 is 0 Å². The van der Waals surface area contributed by atoms with Crippen LogP contribution < -0.4 is 5.32 Å². The zero-order valence-electron chi connectivity index (χ0n) is 16.4. The Labute approximate surface area is 172 Å². The van der Waals surface area contributed by atoms with Crippen molar-refractivity contribution in [2.24, 2.45) is 0 Å². The van der Waals surface area contributed by atoms with Gasteiger partial charge in [-0.2, -0.15) is 0 Å². The number of nitrogens with one attached hydrogen (secondary N) is 2. The van der Waals surface area contributed by atoms with E-state index in [9.17, 15) is 4.39 Å². The summed E-state index contributed by atoms with van der Waals surface area (Å²) < 4.78 is 14.0. The molecule has 0 amide bonds. The average molecular weight is 398 g/mol. The highest BCUT2D eigenvalue weighted by Gasteiger charge is 2.15. The summed E-state index contributed by atoms with van der Waals surface area (Å²) in [7, 11) is 0. The molecular formula is C23H19FN6. The lowest BCUT2D eigenvalue weighted by Crippen LogP contribution is -2.10. The zero-order chi connectivity index (χ0) is 20.5. The third-order valence-corrected chi connectivity index (χ3v) is 5.16. The Morgan fingerprint density at radius 1 is 1.00 bits per heavy atom. The second-order valence-corrected chi connectivity index (χ2v) is 7.07. The van der Waals surface area contributed by atoms with Crippen LogP contribution in [-0.4, -0.2) is 31.5 Å². The van der Waals surface area contributed by atoms with Crippen LogP contribution >= 0.6 is 0 Å². The second-order valence-electron chi connectivity index (χ2n) is 7.07. The van der Waals surface area contributed by atoms with Crippen LogP contribution in [-0.2, 0) is 6.42 Å². The molecule has 148 valence electrons. The van der Waals surface area contributed by atoms with Crippen molar-refractivity contribution in [2.75, 3.05) is 11.9 Å². The summed E-state index contributed by atoms with van der Waals surface area (Å²) in [6, 6.07) is 14.8. The number of halogens is 1. The number of imidazole rings is 1. The van der Waals surface area contributed by atoms with Crippen LogP contribution in [0.4, 0.5) is 10.2 Å². The maximum absolute atomic E-state index is 14.0. The highest BCUT2D eigenvalue weighted by molar-refractivity contribution is 5.98. The van der Waals surface area contributed by atoms with Gasteiger partial charge in [-0.3, -0.25) is 4.98 Å². The predicted octanol–water partition coefficient (Wildman–Crippen LogP) is 4.67. The Kier molecular flexibility index (Phi) is 4.55. The summed E-state index contributed by atoms with van der Waals surface area (Å²) in [5.74, 6) is 0.411. The van der Waals surface area contributed by atoms with Crippen molar-refractivity contribution < 1.29 is 4.39 Å². The topological polar surface area (TPSA) is 79.4 Å². The van der Waals surface area contributed by atoms with Gasteiger partial charge in [-0.05, 0) is 30.0 Å². The molecule has 0 spiro atoms. The van der Waals surface area contributed by atoms with Gasteiger partial charge in [0.25, 0.3) is 0 Å². The number of rotatable bonds is 5. The number of aryl methyl sites for hydroxylation is 1. The Morgan fingerprint density at radius 2 is 1.87 bits per heavy atom. The first-order chi connectivity index (χ1) is 14.7. The smallest absolute Gasteiger partial charge is 0.162 e. The van der Waals surface area contributed by atoms with Crippen LogP contribution in [0.3, 0.4) is 0 Å². The lowest BCUT2D eigenvalue weighted by atomic mass is 9.94. The average Bonchev–Trinajstić information content (AvgIpc) is 3.24. The molecule has 0 aliphatic heterocycles. The zero-order valence-corrected chi connectivity index (χ0v) is 16.4.